The molecule has 3 rings (SSSR count). The van der Waals surface area contributed by atoms with E-state index in [1.165, 1.54) is 0 Å². The quantitative estimate of drug-likeness (QED) is 0.880. The highest BCUT2D eigenvalue weighted by Crippen LogP contribution is 2.33. The van der Waals surface area contributed by atoms with Crippen LogP contribution >= 0.6 is 0 Å². The molecule has 0 radical (unpaired) electrons. The summed E-state index contributed by atoms with van der Waals surface area (Å²) in [7, 11) is 1.75. The number of amides is 2. The SMILES string of the molecule is CN1C[C@]2(CCCN(c3ncccc3C(N)=O)CC2)OC1=O. The number of primary amides is 1. The van der Waals surface area contributed by atoms with Gasteiger partial charge in [-0.15, -0.1) is 0 Å². The van der Waals surface area contributed by atoms with E-state index < -0.39 is 11.5 Å². The topological polar surface area (TPSA) is 88.8 Å². The minimum atomic E-state index is -0.478. The van der Waals surface area contributed by atoms with E-state index in [1.54, 1.807) is 30.3 Å². The molecule has 0 unspecified atom stereocenters. The van der Waals surface area contributed by atoms with E-state index in [4.69, 9.17) is 10.5 Å². The molecule has 7 heteroatoms. The second-order valence-electron chi connectivity index (χ2n) is 5.99. The molecular formula is C15H20N4O3. The van der Waals surface area contributed by atoms with Crippen LogP contribution in [0.15, 0.2) is 18.3 Å². The number of ether oxygens (including phenoxy) is 1. The molecule has 2 fully saturated rings. The normalized spacial score (nSPS) is 25.2. The van der Waals surface area contributed by atoms with Gasteiger partial charge in [0.25, 0.3) is 5.91 Å². The Labute approximate surface area is 129 Å². The van der Waals surface area contributed by atoms with Crippen LogP contribution in [0.1, 0.15) is 29.6 Å². The van der Waals surface area contributed by atoms with Crippen LogP contribution in [0, 0.1) is 0 Å². The summed E-state index contributed by atoms with van der Waals surface area (Å²) in [5.74, 6) is 0.138. The van der Waals surface area contributed by atoms with Gasteiger partial charge in [0.2, 0.25) is 0 Å². The number of likely N-dealkylation sites (N-methyl/N-ethyl adjacent to an activating group) is 1. The Morgan fingerprint density at radius 3 is 2.91 bits per heavy atom. The van der Waals surface area contributed by atoms with E-state index in [1.807, 2.05) is 0 Å². The summed E-state index contributed by atoms with van der Waals surface area (Å²) in [5.41, 5.74) is 5.45. The van der Waals surface area contributed by atoms with Crippen LogP contribution in [0.4, 0.5) is 10.6 Å². The maximum atomic E-state index is 11.7. The first kappa shape index (κ1) is 14.6. The zero-order chi connectivity index (χ0) is 15.7. The molecule has 2 aliphatic rings. The first-order valence-electron chi connectivity index (χ1n) is 7.45. The van der Waals surface area contributed by atoms with Crippen molar-refractivity contribution in [3.05, 3.63) is 23.9 Å². The summed E-state index contributed by atoms with van der Waals surface area (Å²) in [6.07, 6.45) is 3.81. The third kappa shape index (κ3) is 2.58. The van der Waals surface area contributed by atoms with Crippen LogP contribution in [0.25, 0.3) is 0 Å². The van der Waals surface area contributed by atoms with E-state index >= 15 is 0 Å². The molecule has 22 heavy (non-hydrogen) atoms. The Morgan fingerprint density at radius 2 is 2.23 bits per heavy atom. The minimum absolute atomic E-state index is 0.260. The Bertz CT molecular complexity index is 606. The van der Waals surface area contributed by atoms with Gasteiger partial charge in [0.1, 0.15) is 11.4 Å². The smallest absolute Gasteiger partial charge is 0.410 e. The molecule has 2 N–H and O–H groups in total. The van der Waals surface area contributed by atoms with Gasteiger partial charge < -0.3 is 20.3 Å². The zero-order valence-electron chi connectivity index (χ0n) is 12.6. The molecule has 1 aromatic rings. The lowest BCUT2D eigenvalue weighted by atomic mass is 9.95. The summed E-state index contributed by atoms with van der Waals surface area (Å²) in [6.45, 7) is 2.06. The predicted octanol–water partition coefficient (Wildman–Crippen LogP) is 0.992. The molecule has 1 spiro atoms. The van der Waals surface area contributed by atoms with Crippen molar-refractivity contribution in [1.29, 1.82) is 0 Å². The lowest BCUT2D eigenvalue weighted by Crippen LogP contribution is -2.35. The lowest BCUT2D eigenvalue weighted by molar-refractivity contribution is 0.0473. The standard InChI is InChI=1S/C15H20N4O3/c1-18-10-15(22-14(18)21)5-3-8-19(9-6-15)13-11(12(16)20)4-2-7-17-13/h2,4,7H,3,5-6,8-10H2,1H3,(H2,16,20)/t15-/m1/s1. The Balaban J connectivity index is 1.79. The zero-order valence-corrected chi connectivity index (χ0v) is 12.6. The average molecular weight is 304 g/mol. The summed E-state index contributed by atoms with van der Waals surface area (Å²) >= 11 is 0. The van der Waals surface area contributed by atoms with E-state index in [0.29, 0.717) is 24.5 Å². The Morgan fingerprint density at radius 1 is 1.41 bits per heavy atom. The van der Waals surface area contributed by atoms with Crippen LogP contribution in [-0.2, 0) is 4.74 Å². The highest BCUT2D eigenvalue weighted by molar-refractivity contribution is 5.97. The minimum Gasteiger partial charge on any atom is -0.441 e. The van der Waals surface area contributed by atoms with Gasteiger partial charge in [-0.25, -0.2) is 9.78 Å². The van der Waals surface area contributed by atoms with Crippen molar-refractivity contribution in [2.45, 2.75) is 24.9 Å². The summed E-state index contributed by atoms with van der Waals surface area (Å²) in [6, 6.07) is 3.39. The number of hydrogen-bond acceptors (Lipinski definition) is 5. The molecule has 118 valence electrons. The van der Waals surface area contributed by atoms with Crippen molar-refractivity contribution < 1.29 is 14.3 Å². The molecule has 3 heterocycles. The van der Waals surface area contributed by atoms with Crippen molar-refractivity contribution in [2.75, 3.05) is 31.6 Å². The summed E-state index contributed by atoms with van der Waals surface area (Å²) in [5, 5.41) is 0. The van der Waals surface area contributed by atoms with E-state index in [-0.39, 0.29) is 6.09 Å². The van der Waals surface area contributed by atoms with Crippen molar-refractivity contribution >= 4 is 17.8 Å². The summed E-state index contributed by atoms with van der Waals surface area (Å²) in [4.78, 5) is 31.2. The van der Waals surface area contributed by atoms with Gasteiger partial charge in [0.15, 0.2) is 0 Å². The molecule has 0 aromatic carbocycles. The Kier molecular flexibility index (Phi) is 3.64. The van der Waals surface area contributed by atoms with Crippen molar-refractivity contribution in [2.24, 2.45) is 5.73 Å². The maximum absolute atomic E-state index is 11.7. The molecule has 2 aliphatic heterocycles. The van der Waals surface area contributed by atoms with Crippen LogP contribution in [0.3, 0.4) is 0 Å². The largest absolute Gasteiger partial charge is 0.441 e. The second kappa shape index (κ2) is 5.47. The van der Waals surface area contributed by atoms with E-state index in [2.05, 4.69) is 9.88 Å². The van der Waals surface area contributed by atoms with Crippen LogP contribution in [0.2, 0.25) is 0 Å². The number of nitrogens with zero attached hydrogens (tertiary/aromatic N) is 3. The number of carbonyl (C=O) groups is 2. The van der Waals surface area contributed by atoms with Crippen LogP contribution in [0.5, 0.6) is 0 Å². The van der Waals surface area contributed by atoms with Crippen molar-refractivity contribution in [3.8, 4) is 0 Å². The van der Waals surface area contributed by atoms with E-state index in [9.17, 15) is 9.59 Å². The molecule has 0 saturated carbocycles. The van der Waals surface area contributed by atoms with E-state index in [0.717, 1.165) is 25.8 Å². The third-order valence-corrected chi connectivity index (χ3v) is 4.39. The molecule has 1 atom stereocenters. The third-order valence-electron chi connectivity index (χ3n) is 4.39. The monoisotopic (exact) mass is 304 g/mol. The number of pyridine rings is 1. The Hall–Kier alpha value is -2.31. The number of aromatic nitrogens is 1. The second-order valence-corrected chi connectivity index (χ2v) is 5.99. The van der Waals surface area contributed by atoms with Gasteiger partial charge in [0, 0.05) is 32.8 Å². The van der Waals surface area contributed by atoms with Crippen LogP contribution in [-0.4, -0.2) is 54.2 Å². The molecular weight excluding hydrogens is 284 g/mol. The van der Waals surface area contributed by atoms with Crippen LogP contribution < -0.4 is 10.6 Å². The van der Waals surface area contributed by atoms with Gasteiger partial charge >= 0.3 is 6.09 Å². The highest BCUT2D eigenvalue weighted by Gasteiger charge is 2.44. The number of carbonyl (C=O) groups excluding carboxylic acids is 2. The van der Waals surface area contributed by atoms with Crippen molar-refractivity contribution in [1.82, 2.24) is 9.88 Å². The van der Waals surface area contributed by atoms with Gasteiger partial charge in [-0.1, -0.05) is 0 Å². The van der Waals surface area contributed by atoms with Gasteiger partial charge in [-0.2, -0.15) is 0 Å². The van der Waals surface area contributed by atoms with Gasteiger partial charge in [-0.05, 0) is 25.0 Å². The molecule has 7 nitrogen and oxygen atoms in total. The first-order chi connectivity index (χ1) is 10.5. The molecule has 0 bridgehead atoms. The van der Waals surface area contributed by atoms with Gasteiger partial charge in [-0.3, -0.25) is 4.79 Å². The molecule has 2 amide bonds. The predicted molar refractivity (Wildman–Crippen MR) is 80.7 cm³/mol. The maximum Gasteiger partial charge on any atom is 0.410 e. The first-order valence-corrected chi connectivity index (χ1v) is 7.45. The lowest BCUT2D eigenvalue weighted by Gasteiger charge is -2.26. The fourth-order valence-electron chi connectivity index (χ4n) is 3.27. The molecule has 2 saturated heterocycles. The van der Waals surface area contributed by atoms with Crippen molar-refractivity contribution in [3.63, 3.8) is 0 Å². The summed E-state index contributed by atoms with van der Waals surface area (Å²) < 4.78 is 5.59. The number of anilines is 1. The average Bonchev–Trinajstić information content (AvgIpc) is 2.66. The van der Waals surface area contributed by atoms with Gasteiger partial charge in [0.05, 0.1) is 12.1 Å². The number of nitrogens with two attached hydrogens (primary N) is 1. The fourth-order valence-corrected chi connectivity index (χ4v) is 3.27. The fraction of sp³-hybridized carbons (Fsp3) is 0.533. The highest BCUT2D eigenvalue weighted by atomic mass is 16.6. The molecule has 1 aromatic heterocycles. The number of hydrogen-bond donors (Lipinski definition) is 1. The molecule has 0 aliphatic carbocycles. The number of rotatable bonds is 2.